The zero-order chi connectivity index (χ0) is 20.4. The number of morpholine rings is 1. The third kappa shape index (κ3) is 4.75. The van der Waals surface area contributed by atoms with E-state index in [-0.39, 0.29) is 36.6 Å². The fourth-order valence-corrected chi connectivity index (χ4v) is 3.70. The lowest BCUT2D eigenvalue weighted by atomic mass is 10.0. The van der Waals surface area contributed by atoms with Gasteiger partial charge in [-0.05, 0) is 19.9 Å². The second-order valence-electron chi connectivity index (χ2n) is 7.44. The second-order valence-corrected chi connectivity index (χ2v) is 7.87. The van der Waals surface area contributed by atoms with Crippen molar-refractivity contribution >= 4 is 17.4 Å². The van der Waals surface area contributed by atoms with Gasteiger partial charge in [0.15, 0.2) is 11.6 Å². The molecule has 8 nitrogen and oxygen atoms in total. The molecule has 0 aromatic rings. The Morgan fingerprint density at radius 2 is 2.24 bits per heavy atom. The van der Waals surface area contributed by atoms with Crippen LogP contribution < -0.4 is 21.3 Å². The quantitative estimate of drug-likeness (QED) is 0.509. The van der Waals surface area contributed by atoms with Crippen molar-refractivity contribution in [1.29, 1.82) is 0 Å². The molecular formula is C19H26ClFN6O2. The summed E-state index contributed by atoms with van der Waals surface area (Å²) in [7, 11) is 0. The number of allylic oxidation sites excluding steroid dienone is 2. The highest BCUT2D eigenvalue weighted by atomic mass is 35.5. The monoisotopic (exact) mass is 424 g/mol. The number of amidine groups is 1. The molecule has 0 aromatic heterocycles. The van der Waals surface area contributed by atoms with E-state index >= 15 is 0 Å². The van der Waals surface area contributed by atoms with E-state index in [1.54, 1.807) is 6.20 Å². The van der Waals surface area contributed by atoms with Crippen LogP contribution in [0.4, 0.5) is 4.39 Å². The highest BCUT2D eigenvalue weighted by molar-refractivity contribution is 6.31. The van der Waals surface area contributed by atoms with Crippen LogP contribution in [0.1, 0.15) is 13.8 Å². The van der Waals surface area contributed by atoms with E-state index in [9.17, 15) is 4.39 Å². The summed E-state index contributed by atoms with van der Waals surface area (Å²) in [6.45, 7) is 6.41. The maximum atomic E-state index is 14.4. The van der Waals surface area contributed by atoms with Crippen molar-refractivity contribution in [1.82, 2.24) is 26.3 Å². The molecule has 0 bridgehead atoms. The van der Waals surface area contributed by atoms with Crippen molar-refractivity contribution in [2.75, 3.05) is 32.8 Å². The highest BCUT2D eigenvalue weighted by Gasteiger charge is 2.30. The Morgan fingerprint density at radius 3 is 3.07 bits per heavy atom. The van der Waals surface area contributed by atoms with Gasteiger partial charge in [0, 0.05) is 36.6 Å². The largest absolute Gasteiger partial charge is 0.374 e. The first-order valence-electron chi connectivity index (χ1n) is 9.78. The maximum Gasteiger partial charge on any atom is 0.162 e. The summed E-state index contributed by atoms with van der Waals surface area (Å²) in [6, 6.07) is 0. The van der Waals surface area contributed by atoms with Crippen molar-refractivity contribution in [3.8, 4) is 0 Å². The highest BCUT2D eigenvalue weighted by Crippen LogP contribution is 2.27. The van der Waals surface area contributed by atoms with Gasteiger partial charge in [-0.2, -0.15) is 5.06 Å². The lowest BCUT2D eigenvalue weighted by Gasteiger charge is -2.33. The molecule has 0 amide bonds. The van der Waals surface area contributed by atoms with Crippen LogP contribution >= 0.6 is 11.6 Å². The van der Waals surface area contributed by atoms with E-state index < -0.39 is 0 Å². The van der Waals surface area contributed by atoms with Crippen LogP contribution in [-0.2, 0) is 9.57 Å². The molecule has 1 saturated heterocycles. The molecule has 4 aliphatic heterocycles. The topological polar surface area (TPSA) is 82.2 Å². The van der Waals surface area contributed by atoms with Crippen LogP contribution in [-0.4, -0.2) is 62.1 Å². The van der Waals surface area contributed by atoms with Gasteiger partial charge >= 0.3 is 0 Å². The number of nitrogens with zero attached hydrogens (tertiary/aromatic N) is 2. The third-order valence-corrected chi connectivity index (χ3v) is 5.02. The summed E-state index contributed by atoms with van der Waals surface area (Å²) in [5.74, 6) is 0.480. The molecule has 4 rings (SSSR count). The Bertz CT molecular complexity index is 807. The van der Waals surface area contributed by atoms with Gasteiger partial charge in [0.2, 0.25) is 0 Å². The lowest BCUT2D eigenvalue weighted by molar-refractivity contribution is -0.230. The van der Waals surface area contributed by atoms with Crippen molar-refractivity contribution in [2.45, 2.75) is 32.2 Å². The fourth-order valence-electron chi connectivity index (χ4n) is 3.52. The predicted octanol–water partition coefficient (Wildman–Crippen LogP) is 1.18. The van der Waals surface area contributed by atoms with Crippen LogP contribution in [0, 0.1) is 0 Å². The molecule has 29 heavy (non-hydrogen) atoms. The number of halogens is 2. The first-order chi connectivity index (χ1) is 14.0. The molecule has 158 valence electrons. The summed E-state index contributed by atoms with van der Waals surface area (Å²) in [6.07, 6.45) is 5.40. The molecule has 4 N–H and O–H groups in total. The Hall–Kier alpha value is -2.07. The standard InChI is InChI=1S/C19H26ClFN6O2/c1-11(2)29-27-3-4-28-13(10-27)7-23-19-16(21)9-25-18(26-19)15-8-24-17-14(15)5-12(20)6-22-17/h5-6,8,11,13,17,22-24H,3-4,7,9-10H2,1-2H3,(H,25,26). The van der Waals surface area contributed by atoms with Crippen LogP contribution in [0.25, 0.3) is 0 Å². The Kier molecular flexibility index (Phi) is 6.09. The zero-order valence-electron chi connectivity index (χ0n) is 16.5. The van der Waals surface area contributed by atoms with Crippen LogP contribution in [0.3, 0.4) is 0 Å². The van der Waals surface area contributed by atoms with Crippen LogP contribution in [0.5, 0.6) is 0 Å². The number of ether oxygens (including phenoxy) is 1. The number of hydrogen-bond donors (Lipinski definition) is 4. The number of hydrogen-bond acceptors (Lipinski definition) is 8. The van der Waals surface area contributed by atoms with Gasteiger partial charge in [-0.3, -0.25) is 4.84 Å². The molecule has 2 atom stereocenters. The van der Waals surface area contributed by atoms with E-state index in [2.05, 4.69) is 26.3 Å². The molecule has 1 fully saturated rings. The minimum Gasteiger partial charge on any atom is -0.374 e. The van der Waals surface area contributed by atoms with Gasteiger partial charge in [-0.25, -0.2) is 9.38 Å². The minimum absolute atomic E-state index is 0.0632. The molecule has 0 radical (unpaired) electrons. The van der Waals surface area contributed by atoms with Gasteiger partial charge in [-0.1, -0.05) is 11.6 Å². The summed E-state index contributed by atoms with van der Waals surface area (Å²) in [5, 5.41) is 15.0. The Labute approximate surface area is 174 Å². The molecule has 10 heteroatoms. The smallest absolute Gasteiger partial charge is 0.162 e. The summed E-state index contributed by atoms with van der Waals surface area (Å²) < 4.78 is 20.2. The number of nitrogens with one attached hydrogen (secondary N) is 4. The van der Waals surface area contributed by atoms with E-state index in [1.807, 2.05) is 31.2 Å². The number of fused-ring (bicyclic) bond motifs is 1. The molecule has 4 heterocycles. The van der Waals surface area contributed by atoms with Gasteiger partial charge < -0.3 is 26.0 Å². The van der Waals surface area contributed by atoms with Gasteiger partial charge in [-0.15, -0.1) is 0 Å². The summed E-state index contributed by atoms with van der Waals surface area (Å²) in [5.41, 5.74) is 1.81. The lowest BCUT2D eigenvalue weighted by Crippen LogP contribution is -2.47. The second kappa shape index (κ2) is 8.74. The average Bonchev–Trinajstić information content (AvgIpc) is 3.10. The van der Waals surface area contributed by atoms with E-state index in [1.165, 1.54) is 0 Å². The number of rotatable bonds is 6. The first kappa shape index (κ1) is 20.2. The minimum atomic E-state index is -0.336. The van der Waals surface area contributed by atoms with E-state index in [0.717, 1.165) is 17.7 Å². The van der Waals surface area contributed by atoms with Crippen molar-refractivity contribution < 1.29 is 14.0 Å². The Balaban J connectivity index is 1.40. The number of dihydropyridines is 1. The number of hydroxylamine groups is 2. The third-order valence-electron chi connectivity index (χ3n) is 4.80. The average molecular weight is 425 g/mol. The molecular weight excluding hydrogens is 399 g/mol. The van der Waals surface area contributed by atoms with Crippen molar-refractivity contribution in [3.05, 3.63) is 46.3 Å². The maximum absolute atomic E-state index is 14.4. The first-order valence-corrected chi connectivity index (χ1v) is 10.2. The molecule has 0 aliphatic carbocycles. The van der Waals surface area contributed by atoms with E-state index in [4.69, 9.17) is 21.2 Å². The molecule has 0 aromatic carbocycles. The van der Waals surface area contributed by atoms with E-state index in [0.29, 0.717) is 30.6 Å². The molecule has 0 saturated carbocycles. The predicted molar refractivity (Wildman–Crippen MR) is 109 cm³/mol. The van der Waals surface area contributed by atoms with Crippen LogP contribution in [0.2, 0.25) is 0 Å². The molecule has 0 spiro atoms. The molecule has 2 unspecified atom stereocenters. The van der Waals surface area contributed by atoms with Gasteiger partial charge in [0.1, 0.15) is 12.0 Å². The van der Waals surface area contributed by atoms with Crippen molar-refractivity contribution in [3.63, 3.8) is 0 Å². The fraction of sp³-hybridized carbons (Fsp3) is 0.526. The zero-order valence-corrected chi connectivity index (χ0v) is 17.2. The van der Waals surface area contributed by atoms with Crippen molar-refractivity contribution in [2.24, 2.45) is 4.99 Å². The molecule has 4 aliphatic rings. The summed E-state index contributed by atoms with van der Waals surface area (Å²) in [4.78, 5) is 10.2. The van der Waals surface area contributed by atoms with Crippen LogP contribution in [0.15, 0.2) is 51.3 Å². The Morgan fingerprint density at radius 1 is 1.41 bits per heavy atom. The number of aliphatic imine (C=N–C) groups is 1. The summed E-state index contributed by atoms with van der Waals surface area (Å²) >= 11 is 6.12. The normalized spacial score (nSPS) is 27.2. The van der Waals surface area contributed by atoms with Gasteiger partial charge in [0.05, 0.1) is 36.9 Å². The SMILES string of the molecule is CC(C)ON1CCOC(CNC2=C(F)CNC(C3=CNC4NC=C(Cl)C=C34)=N2)C1. The van der Waals surface area contributed by atoms with Gasteiger partial charge in [0.25, 0.3) is 0 Å².